The van der Waals surface area contributed by atoms with Crippen LogP contribution < -0.4 is 5.32 Å². The molecule has 3 saturated heterocycles. The fraction of sp³-hybridized carbons (Fsp3) is 1.00. The summed E-state index contributed by atoms with van der Waals surface area (Å²) in [4.78, 5) is 2.74. The maximum atomic E-state index is 6.27. The minimum atomic E-state index is 0.338. The number of rotatable bonds is 5. The van der Waals surface area contributed by atoms with Crippen LogP contribution in [0.2, 0.25) is 0 Å². The number of piperidine rings is 2. The molecule has 0 unspecified atom stereocenters. The van der Waals surface area contributed by atoms with Crippen LogP contribution in [0.5, 0.6) is 0 Å². The van der Waals surface area contributed by atoms with Gasteiger partial charge in [0, 0.05) is 20.2 Å². The van der Waals surface area contributed by atoms with E-state index in [9.17, 15) is 0 Å². The van der Waals surface area contributed by atoms with Crippen LogP contribution >= 0.6 is 0 Å². The Morgan fingerprint density at radius 3 is 2.08 bits per heavy atom. The molecule has 146 valence electrons. The lowest BCUT2D eigenvalue weighted by atomic mass is 9.74. The SMILES string of the molecule is CC.COC1CC(OC2CCN(C3(C4CCNCC4)COC3)CC2)C1. The summed E-state index contributed by atoms with van der Waals surface area (Å²) < 4.78 is 17.3. The predicted molar refractivity (Wildman–Crippen MR) is 100.0 cm³/mol. The van der Waals surface area contributed by atoms with Crippen LogP contribution in [0.15, 0.2) is 0 Å². The first-order valence-corrected chi connectivity index (χ1v) is 10.5. The molecule has 5 heteroatoms. The molecule has 4 fully saturated rings. The lowest BCUT2D eigenvalue weighted by Gasteiger charge is -2.56. The lowest BCUT2D eigenvalue weighted by molar-refractivity contribution is -0.191. The summed E-state index contributed by atoms with van der Waals surface area (Å²) in [6.07, 6.45) is 8.49. The standard InChI is InChI=1S/C18H32N2O3.C2H6/c1-21-16-10-17(11-16)23-15-4-8-20(9-5-15)18(12-22-13-18)14-2-6-19-7-3-14;1-2/h14-17,19H,2-13H2,1H3;1-2H3. The molecule has 3 heterocycles. The van der Waals surface area contributed by atoms with Gasteiger partial charge in [0.25, 0.3) is 0 Å². The molecule has 0 aromatic heterocycles. The summed E-state index contributed by atoms with van der Waals surface area (Å²) >= 11 is 0. The van der Waals surface area contributed by atoms with Crippen molar-refractivity contribution in [2.75, 3.05) is 46.5 Å². The summed E-state index contributed by atoms with van der Waals surface area (Å²) in [6.45, 7) is 10.6. The highest BCUT2D eigenvalue weighted by atomic mass is 16.5. The number of hydrogen-bond donors (Lipinski definition) is 1. The molecule has 0 aromatic carbocycles. The van der Waals surface area contributed by atoms with Crippen molar-refractivity contribution in [2.24, 2.45) is 5.92 Å². The number of likely N-dealkylation sites (tertiary alicyclic amines) is 1. The van der Waals surface area contributed by atoms with E-state index in [1.54, 1.807) is 7.11 Å². The Balaban J connectivity index is 0.000000880. The number of hydrogen-bond acceptors (Lipinski definition) is 5. The van der Waals surface area contributed by atoms with Gasteiger partial charge in [-0.1, -0.05) is 13.8 Å². The summed E-state index contributed by atoms with van der Waals surface area (Å²) in [6, 6.07) is 0. The zero-order valence-electron chi connectivity index (χ0n) is 16.5. The van der Waals surface area contributed by atoms with E-state index >= 15 is 0 Å². The second-order valence-corrected chi connectivity index (χ2v) is 7.89. The minimum absolute atomic E-state index is 0.338. The van der Waals surface area contributed by atoms with Gasteiger partial charge in [-0.3, -0.25) is 4.90 Å². The van der Waals surface area contributed by atoms with Gasteiger partial charge >= 0.3 is 0 Å². The van der Waals surface area contributed by atoms with Crippen molar-refractivity contribution in [1.82, 2.24) is 10.2 Å². The quantitative estimate of drug-likeness (QED) is 0.821. The summed E-state index contributed by atoms with van der Waals surface area (Å²) in [5.74, 6) is 0.809. The van der Waals surface area contributed by atoms with Gasteiger partial charge < -0.3 is 19.5 Å². The van der Waals surface area contributed by atoms with Crippen LogP contribution in [0.4, 0.5) is 0 Å². The number of nitrogens with zero attached hydrogens (tertiary/aromatic N) is 1. The van der Waals surface area contributed by atoms with Crippen molar-refractivity contribution in [1.29, 1.82) is 0 Å². The largest absolute Gasteiger partial charge is 0.381 e. The summed E-state index contributed by atoms with van der Waals surface area (Å²) in [7, 11) is 1.81. The van der Waals surface area contributed by atoms with Gasteiger partial charge in [0.2, 0.25) is 0 Å². The van der Waals surface area contributed by atoms with E-state index in [-0.39, 0.29) is 0 Å². The van der Waals surface area contributed by atoms with Crippen LogP contribution in [-0.4, -0.2) is 75.3 Å². The first-order chi connectivity index (χ1) is 12.3. The van der Waals surface area contributed by atoms with Gasteiger partial charge in [-0.25, -0.2) is 0 Å². The van der Waals surface area contributed by atoms with Crippen LogP contribution in [0, 0.1) is 5.92 Å². The molecule has 0 aromatic rings. The maximum absolute atomic E-state index is 6.27. The van der Waals surface area contributed by atoms with Crippen molar-refractivity contribution in [3.63, 3.8) is 0 Å². The summed E-state index contributed by atoms with van der Waals surface area (Å²) in [5, 5.41) is 3.50. The normalized spacial score (nSPS) is 33.7. The molecule has 3 aliphatic heterocycles. The van der Waals surface area contributed by atoms with E-state index in [1.165, 1.54) is 51.9 Å². The van der Waals surface area contributed by atoms with Gasteiger partial charge in [-0.05, 0) is 57.5 Å². The van der Waals surface area contributed by atoms with Crippen LogP contribution in [-0.2, 0) is 14.2 Å². The Morgan fingerprint density at radius 1 is 0.920 bits per heavy atom. The molecule has 25 heavy (non-hydrogen) atoms. The Kier molecular flexibility index (Phi) is 7.15. The smallest absolute Gasteiger partial charge is 0.0708 e. The van der Waals surface area contributed by atoms with Crippen LogP contribution in [0.1, 0.15) is 52.4 Å². The number of methoxy groups -OCH3 is 1. The molecular formula is C20H38N2O3. The van der Waals surface area contributed by atoms with E-state index in [1.807, 2.05) is 13.8 Å². The van der Waals surface area contributed by atoms with E-state index in [2.05, 4.69) is 10.2 Å². The molecule has 1 saturated carbocycles. The highest BCUT2D eigenvalue weighted by molar-refractivity contribution is 5.04. The third-order valence-electron chi connectivity index (χ3n) is 6.64. The predicted octanol–water partition coefficient (Wildman–Crippen LogP) is 2.44. The number of ether oxygens (including phenoxy) is 3. The third-order valence-corrected chi connectivity index (χ3v) is 6.64. The molecule has 0 bridgehead atoms. The second kappa shape index (κ2) is 9.14. The van der Waals surface area contributed by atoms with Crippen molar-refractivity contribution in [2.45, 2.75) is 76.2 Å². The maximum Gasteiger partial charge on any atom is 0.0708 e. The Morgan fingerprint density at radius 2 is 1.56 bits per heavy atom. The fourth-order valence-electron chi connectivity index (χ4n) is 4.88. The van der Waals surface area contributed by atoms with Crippen LogP contribution in [0.25, 0.3) is 0 Å². The van der Waals surface area contributed by atoms with Crippen molar-refractivity contribution < 1.29 is 14.2 Å². The second-order valence-electron chi connectivity index (χ2n) is 7.89. The molecule has 0 spiro atoms. The topological polar surface area (TPSA) is 43.0 Å². The first kappa shape index (κ1) is 19.6. The molecule has 4 rings (SSSR count). The average molecular weight is 355 g/mol. The zero-order valence-corrected chi connectivity index (χ0v) is 16.5. The Hall–Kier alpha value is -0.200. The minimum Gasteiger partial charge on any atom is -0.381 e. The van der Waals surface area contributed by atoms with Gasteiger partial charge in [0.1, 0.15) is 0 Å². The van der Waals surface area contributed by atoms with Gasteiger partial charge in [-0.15, -0.1) is 0 Å². The number of nitrogens with one attached hydrogen (secondary N) is 1. The lowest BCUT2D eigenvalue weighted by Crippen LogP contribution is -2.69. The fourth-order valence-corrected chi connectivity index (χ4v) is 4.88. The zero-order chi connectivity index (χ0) is 17.7. The Labute approximate surface area is 153 Å². The van der Waals surface area contributed by atoms with Crippen molar-refractivity contribution in [3.8, 4) is 0 Å². The molecule has 4 aliphatic rings. The molecule has 0 atom stereocenters. The van der Waals surface area contributed by atoms with Crippen molar-refractivity contribution in [3.05, 3.63) is 0 Å². The Bertz CT molecular complexity index is 382. The van der Waals surface area contributed by atoms with Crippen molar-refractivity contribution >= 4 is 0 Å². The van der Waals surface area contributed by atoms with Gasteiger partial charge in [-0.2, -0.15) is 0 Å². The van der Waals surface area contributed by atoms with Crippen LogP contribution in [0.3, 0.4) is 0 Å². The highest BCUT2D eigenvalue weighted by Gasteiger charge is 2.50. The summed E-state index contributed by atoms with van der Waals surface area (Å²) in [5.41, 5.74) is 0.338. The molecule has 1 N–H and O–H groups in total. The van der Waals surface area contributed by atoms with E-state index in [4.69, 9.17) is 14.2 Å². The molecule has 5 nitrogen and oxygen atoms in total. The van der Waals surface area contributed by atoms with Gasteiger partial charge in [0.05, 0.1) is 37.1 Å². The van der Waals surface area contributed by atoms with E-state index in [0.29, 0.717) is 23.9 Å². The van der Waals surface area contributed by atoms with E-state index in [0.717, 1.165) is 32.0 Å². The molecule has 0 amide bonds. The molecular weight excluding hydrogens is 316 g/mol. The molecule has 0 radical (unpaired) electrons. The average Bonchev–Trinajstić information content (AvgIpc) is 2.61. The van der Waals surface area contributed by atoms with Gasteiger partial charge in [0.15, 0.2) is 0 Å². The van der Waals surface area contributed by atoms with E-state index < -0.39 is 0 Å². The highest BCUT2D eigenvalue weighted by Crippen LogP contribution is 2.40. The third kappa shape index (κ3) is 4.22. The first-order valence-electron chi connectivity index (χ1n) is 10.5. The monoisotopic (exact) mass is 354 g/mol. The molecule has 1 aliphatic carbocycles.